The fourth-order valence-corrected chi connectivity index (χ4v) is 4.23. The normalized spacial score (nSPS) is 15.3. The summed E-state index contributed by atoms with van der Waals surface area (Å²) in [6.45, 7) is 11.8. The molecule has 0 unspecified atom stereocenters. The predicted molar refractivity (Wildman–Crippen MR) is 125 cm³/mol. The summed E-state index contributed by atoms with van der Waals surface area (Å²) in [6, 6.07) is 10.6. The van der Waals surface area contributed by atoms with Gasteiger partial charge in [0, 0.05) is 57.3 Å². The molecule has 168 valence electrons. The quantitative estimate of drug-likeness (QED) is 0.739. The first-order valence-corrected chi connectivity index (χ1v) is 11.2. The highest BCUT2D eigenvalue weighted by atomic mass is 16.2. The number of likely N-dealkylation sites (N-methyl/N-ethyl adjacent to an activating group) is 1. The van der Waals surface area contributed by atoms with Gasteiger partial charge in [-0.3, -0.25) is 14.5 Å². The van der Waals surface area contributed by atoms with Crippen LogP contribution in [0, 0.1) is 13.8 Å². The van der Waals surface area contributed by atoms with Crippen molar-refractivity contribution in [2.45, 2.75) is 40.0 Å². The van der Waals surface area contributed by atoms with Gasteiger partial charge in [0.25, 0.3) is 5.91 Å². The highest BCUT2D eigenvalue weighted by Crippen LogP contribution is 2.25. The molecular weight excluding hydrogens is 388 g/mol. The molecular formula is C25H36N4O2. The number of aromatic nitrogens is 1. The van der Waals surface area contributed by atoms with E-state index in [1.807, 2.05) is 17.9 Å². The maximum Gasteiger partial charge on any atom is 0.255 e. The SMILES string of the molecule is Cc1cc(C(=O)N2CCCN(CC(=O)N(C)C)CC2)c(C)n1-c1cccc(C(C)C)c1. The standard InChI is InChI=1S/C25H36N4O2/c1-18(2)21-9-7-10-22(16-21)29-19(3)15-23(20(29)4)25(31)28-12-8-11-27(13-14-28)17-24(30)26(5)6/h7,9-10,15-16,18H,8,11-14,17H2,1-6H3. The van der Waals surface area contributed by atoms with Gasteiger partial charge < -0.3 is 14.4 Å². The average Bonchev–Trinajstić information content (AvgIpc) is 2.89. The van der Waals surface area contributed by atoms with Crippen molar-refractivity contribution in [3.8, 4) is 5.69 Å². The second-order valence-electron chi connectivity index (χ2n) is 9.08. The third kappa shape index (κ3) is 5.18. The van der Waals surface area contributed by atoms with Gasteiger partial charge in [0.05, 0.1) is 12.1 Å². The van der Waals surface area contributed by atoms with E-state index in [1.54, 1.807) is 19.0 Å². The number of benzene rings is 1. The molecule has 1 aromatic carbocycles. The minimum absolute atomic E-state index is 0.0835. The second kappa shape index (κ2) is 9.69. The molecule has 0 spiro atoms. The van der Waals surface area contributed by atoms with Crippen molar-refractivity contribution < 1.29 is 9.59 Å². The fraction of sp³-hybridized carbons (Fsp3) is 0.520. The van der Waals surface area contributed by atoms with Crippen LogP contribution < -0.4 is 0 Å². The zero-order valence-corrected chi connectivity index (χ0v) is 19.8. The maximum atomic E-state index is 13.4. The van der Waals surface area contributed by atoms with Crippen molar-refractivity contribution in [1.29, 1.82) is 0 Å². The summed E-state index contributed by atoms with van der Waals surface area (Å²) < 4.78 is 2.18. The van der Waals surface area contributed by atoms with Crippen LogP contribution in [0.4, 0.5) is 0 Å². The molecule has 1 aliphatic rings. The van der Waals surface area contributed by atoms with Gasteiger partial charge >= 0.3 is 0 Å². The zero-order chi connectivity index (χ0) is 22.7. The van der Waals surface area contributed by atoms with Crippen LogP contribution in [-0.4, -0.2) is 77.9 Å². The number of hydrogen-bond donors (Lipinski definition) is 0. The Morgan fingerprint density at radius 3 is 2.45 bits per heavy atom. The molecule has 1 aromatic heterocycles. The van der Waals surface area contributed by atoms with Crippen LogP contribution in [0.5, 0.6) is 0 Å². The maximum absolute atomic E-state index is 13.4. The highest BCUT2D eigenvalue weighted by molar-refractivity contribution is 5.96. The predicted octanol–water partition coefficient (Wildman–Crippen LogP) is 3.45. The first kappa shape index (κ1) is 23.1. The van der Waals surface area contributed by atoms with Gasteiger partial charge in [-0.15, -0.1) is 0 Å². The van der Waals surface area contributed by atoms with Crippen LogP contribution in [-0.2, 0) is 4.79 Å². The van der Waals surface area contributed by atoms with Crippen LogP contribution in [0.1, 0.15) is 53.5 Å². The van der Waals surface area contributed by atoms with E-state index in [4.69, 9.17) is 0 Å². The fourth-order valence-electron chi connectivity index (χ4n) is 4.23. The van der Waals surface area contributed by atoms with E-state index in [0.29, 0.717) is 19.0 Å². The van der Waals surface area contributed by atoms with E-state index in [1.165, 1.54) is 5.56 Å². The van der Waals surface area contributed by atoms with E-state index < -0.39 is 0 Å². The minimum atomic E-state index is 0.0835. The van der Waals surface area contributed by atoms with E-state index in [2.05, 4.69) is 54.5 Å². The molecule has 3 rings (SSSR count). The third-order valence-corrected chi connectivity index (χ3v) is 6.19. The van der Waals surface area contributed by atoms with Gasteiger partial charge in [-0.05, 0) is 49.9 Å². The Bertz CT molecular complexity index is 945. The van der Waals surface area contributed by atoms with Crippen molar-refractivity contribution in [3.63, 3.8) is 0 Å². The van der Waals surface area contributed by atoms with Gasteiger partial charge in [-0.2, -0.15) is 0 Å². The van der Waals surface area contributed by atoms with Gasteiger partial charge in [-0.25, -0.2) is 0 Å². The lowest BCUT2D eigenvalue weighted by Gasteiger charge is -2.23. The Hall–Kier alpha value is -2.60. The first-order valence-electron chi connectivity index (χ1n) is 11.2. The number of aryl methyl sites for hydroxylation is 1. The molecule has 2 aromatic rings. The number of amides is 2. The molecule has 2 heterocycles. The summed E-state index contributed by atoms with van der Waals surface area (Å²) in [5.74, 6) is 0.642. The summed E-state index contributed by atoms with van der Waals surface area (Å²) in [4.78, 5) is 31.2. The van der Waals surface area contributed by atoms with Crippen molar-refractivity contribution in [3.05, 3.63) is 52.8 Å². The Morgan fingerprint density at radius 1 is 1.03 bits per heavy atom. The summed E-state index contributed by atoms with van der Waals surface area (Å²) in [7, 11) is 3.56. The van der Waals surface area contributed by atoms with Gasteiger partial charge in [-0.1, -0.05) is 26.0 Å². The van der Waals surface area contributed by atoms with E-state index in [9.17, 15) is 9.59 Å². The third-order valence-electron chi connectivity index (χ3n) is 6.19. The lowest BCUT2D eigenvalue weighted by Crippen LogP contribution is -2.39. The molecule has 0 N–H and O–H groups in total. The monoisotopic (exact) mass is 424 g/mol. The van der Waals surface area contributed by atoms with Crippen molar-refractivity contribution in [2.75, 3.05) is 46.8 Å². The summed E-state index contributed by atoms with van der Waals surface area (Å²) in [6.07, 6.45) is 0.877. The molecule has 0 saturated carbocycles. The number of hydrogen-bond acceptors (Lipinski definition) is 3. The molecule has 1 saturated heterocycles. The molecule has 0 bridgehead atoms. The number of nitrogens with zero attached hydrogens (tertiary/aromatic N) is 4. The highest BCUT2D eigenvalue weighted by Gasteiger charge is 2.25. The molecule has 0 radical (unpaired) electrons. The molecule has 0 atom stereocenters. The van der Waals surface area contributed by atoms with Crippen LogP contribution >= 0.6 is 0 Å². The summed E-state index contributed by atoms with van der Waals surface area (Å²) in [5, 5.41) is 0. The summed E-state index contributed by atoms with van der Waals surface area (Å²) in [5.41, 5.74) is 5.20. The first-order chi connectivity index (χ1) is 14.7. The largest absolute Gasteiger partial charge is 0.348 e. The molecule has 6 heteroatoms. The minimum Gasteiger partial charge on any atom is -0.348 e. The van der Waals surface area contributed by atoms with Gasteiger partial charge in [0.15, 0.2) is 0 Å². The van der Waals surface area contributed by atoms with Gasteiger partial charge in [0.1, 0.15) is 0 Å². The van der Waals surface area contributed by atoms with Crippen molar-refractivity contribution in [2.24, 2.45) is 0 Å². The Labute approximate surface area is 186 Å². The topological polar surface area (TPSA) is 48.8 Å². The van der Waals surface area contributed by atoms with Crippen LogP contribution in [0.2, 0.25) is 0 Å². The van der Waals surface area contributed by atoms with Crippen molar-refractivity contribution >= 4 is 11.8 Å². The lowest BCUT2D eigenvalue weighted by atomic mass is 10.0. The second-order valence-corrected chi connectivity index (χ2v) is 9.08. The Kier molecular flexibility index (Phi) is 7.21. The van der Waals surface area contributed by atoms with E-state index in [-0.39, 0.29) is 11.8 Å². The average molecular weight is 425 g/mol. The summed E-state index contributed by atoms with van der Waals surface area (Å²) >= 11 is 0. The van der Waals surface area contributed by atoms with Crippen LogP contribution in [0.25, 0.3) is 5.69 Å². The molecule has 6 nitrogen and oxygen atoms in total. The Morgan fingerprint density at radius 2 is 1.77 bits per heavy atom. The molecule has 2 amide bonds. The molecule has 0 aliphatic carbocycles. The number of carbonyl (C=O) groups excluding carboxylic acids is 2. The molecule has 1 fully saturated rings. The zero-order valence-electron chi connectivity index (χ0n) is 19.8. The van der Waals surface area contributed by atoms with Crippen LogP contribution in [0.3, 0.4) is 0 Å². The lowest BCUT2D eigenvalue weighted by molar-refractivity contribution is -0.129. The van der Waals surface area contributed by atoms with Crippen LogP contribution in [0.15, 0.2) is 30.3 Å². The number of rotatable bonds is 5. The van der Waals surface area contributed by atoms with E-state index in [0.717, 1.165) is 48.7 Å². The smallest absolute Gasteiger partial charge is 0.255 e. The Balaban J connectivity index is 1.78. The number of carbonyl (C=O) groups is 2. The molecule has 31 heavy (non-hydrogen) atoms. The van der Waals surface area contributed by atoms with Crippen molar-refractivity contribution in [1.82, 2.24) is 19.3 Å². The molecule has 1 aliphatic heterocycles. The van der Waals surface area contributed by atoms with Gasteiger partial charge in [0.2, 0.25) is 5.91 Å². The van der Waals surface area contributed by atoms with E-state index >= 15 is 0 Å².